The monoisotopic (exact) mass is 309 g/mol. The summed E-state index contributed by atoms with van der Waals surface area (Å²) in [6.07, 6.45) is 7.10. The molecule has 1 saturated heterocycles. The quantitative estimate of drug-likeness (QED) is 0.872. The molecule has 22 heavy (non-hydrogen) atoms. The van der Waals surface area contributed by atoms with Gasteiger partial charge in [0.2, 0.25) is 5.91 Å². The lowest BCUT2D eigenvalue weighted by Gasteiger charge is -2.56. The topological polar surface area (TPSA) is 49.8 Å². The van der Waals surface area contributed by atoms with Gasteiger partial charge in [-0.1, -0.05) is 19.8 Å². The summed E-state index contributed by atoms with van der Waals surface area (Å²) in [5.74, 6) is 1.30. The molecule has 1 amide bonds. The number of aliphatic hydroxyl groups excluding tert-OH is 1. The maximum Gasteiger partial charge on any atom is 0.225 e. The Morgan fingerprint density at radius 3 is 2.59 bits per heavy atom. The SMILES string of the molecule is CCOC1CC(O)C12CCN(C(=O)C1CCCC(C)C1)CC2. The van der Waals surface area contributed by atoms with Crippen LogP contribution < -0.4 is 0 Å². The second-order valence-corrected chi connectivity index (χ2v) is 7.72. The first-order valence-electron chi connectivity index (χ1n) is 9.15. The normalized spacial score (nSPS) is 37.9. The Balaban J connectivity index is 1.56. The number of piperidine rings is 1. The zero-order valence-electron chi connectivity index (χ0n) is 14.1. The first-order valence-corrected chi connectivity index (χ1v) is 9.15. The number of carbonyl (C=O) groups excluding carboxylic acids is 1. The van der Waals surface area contributed by atoms with Gasteiger partial charge in [0, 0.05) is 37.5 Å². The molecule has 2 saturated carbocycles. The molecular formula is C18H31NO3. The van der Waals surface area contributed by atoms with E-state index in [4.69, 9.17) is 4.74 Å². The molecule has 0 radical (unpaired) electrons. The van der Waals surface area contributed by atoms with E-state index in [2.05, 4.69) is 11.8 Å². The molecule has 3 fully saturated rings. The van der Waals surface area contributed by atoms with Gasteiger partial charge >= 0.3 is 0 Å². The summed E-state index contributed by atoms with van der Waals surface area (Å²) in [4.78, 5) is 14.8. The number of ether oxygens (including phenoxy) is 1. The van der Waals surface area contributed by atoms with Gasteiger partial charge in [0.15, 0.2) is 0 Å². The molecular weight excluding hydrogens is 278 g/mol. The minimum Gasteiger partial charge on any atom is -0.392 e. The average molecular weight is 309 g/mol. The van der Waals surface area contributed by atoms with Gasteiger partial charge in [-0.15, -0.1) is 0 Å². The van der Waals surface area contributed by atoms with Crippen molar-refractivity contribution in [3.05, 3.63) is 0 Å². The van der Waals surface area contributed by atoms with Crippen LogP contribution in [0.1, 0.15) is 58.8 Å². The van der Waals surface area contributed by atoms with Gasteiger partial charge in [-0.25, -0.2) is 0 Å². The molecule has 1 heterocycles. The van der Waals surface area contributed by atoms with Crippen LogP contribution in [0.15, 0.2) is 0 Å². The van der Waals surface area contributed by atoms with E-state index in [-0.39, 0.29) is 23.5 Å². The molecule has 0 aromatic heterocycles. The molecule has 4 unspecified atom stereocenters. The second-order valence-electron chi connectivity index (χ2n) is 7.72. The third kappa shape index (κ3) is 2.80. The molecule has 0 aromatic carbocycles. The summed E-state index contributed by atoms with van der Waals surface area (Å²) >= 11 is 0. The molecule has 3 aliphatic rings. The lowest BCUT2D eigenvalue weighted by atomic mass is 9.58. The van der Waals surface area contributed by atoms with Gasteiger partial charge in [0.05, 0.1) is 12.2 Å². The van der Waals surface area contributed by atoms with Crippen molar-refractivity contribution < 1.29 is 14.6 Å². The van der Waals surface area contributed by atoms with E-state index in [0.29, 0.717) is 18.4 Å². The van der Waals surface area contributed by atoms with E-state index < -0.39 is 0 Å². The summed E-state index contributed by atoms with van der Waals surface area (Å²) < 4.78 is 5.80. The predicted molar refractivity (Wildman–Crippen MR) is 85.4 cm³/mol. The third-order valence-corrected chi connectivity index (χ3v) is 6.40. The number of hydrogen-bond acceptors (Lipinski definition) is 3. The first-order chi connectivity index (χ1) is 10.6. The number of carbonyl (C=O) groups is 1. The summed E-state index contributed by atoms with van der Waals surface area (Å²) in [6.45, 7) is 6.58. The Hall–Kier alpha value is -0.610. The van der Waals surface area contributed by atoms with E-state index in [0.717, 1.165) is 45.2 Å². The number of likely N-dealkylation sites (tertiary alicyclic amines) is 1. The molecule has 126 valence electrons. The van der Waals surface area contributed by atoms with Crippen molar-refractivity contribution >= 4 is 5.91 Å². The van der Waals surface area contributed by atoms with Crippen molar-refractivity contribution in [3.8, 4) is 0 Å². The molecule has 4 atom stereocenters. The largest absolute Gasteiger partial charge is 0.392 e. The minimum absolute atomic E-state index is 0.0767. The van der Waals surface area contributed by atoms with Crippen molar-refractivity contribution in [3.63, 3.8) is 0 Å². The fraction of sp³-hybridized carbons (Fsp3) is 0.944. The summed E-state index contributed by atoms with van der Waals surface area (Å²) in [5, 5.41) is 10.2. The van der Waals surface area contributed by atoms with Gasteiger partial charge in [0.25, 0.3) is 0 Å². The van der Waals surface area contributed by atoms with Crippen molar-refractivity contribution in [1.82, 2.24) is 4.90 Å². The highest BCUT2D eigenvalue weighted by atomic mass is 16.5. The predicted octanol–water partition coefficient (Wildman–Crippen LogP) is 2.59. The molecule has 2 aliphatic carbocycles. The van der Waals surface area contributed by atoms with Crippen LogP contribution in [0.25, 0.3) is 0 Å². The number of hydrogen-bond donors (Lipinski definition) is 1. The summed E-state index contributed by atoms with van der Waals surface area (Å²) in [7, 11) is 0. The maximum absolute atomic E-state index is 12.7. The van der Waals surface area contributed by atoms with Crippen LogP contribution in [0.3, 0.4) is 0 Å². The highest BCUT2D eigenvalue weighted by molar-refractivity contribution is 5.79. The van der Waals surface area contributed by atoms with E-state index in [1.54, 1.807) is 0 Å². The van der Waals surface area contributed by atoms with Crippen LogP contribution in [-0.2, 0) is 9.53 Å². The molecule has 0 aromatic rings. The van der Waals surface area contributed by atoms with Gasteiger partial charge in [-0.2, -0.15) is 0 Å². The first kappa shape index (κ1) is 16.3. The van der Waals surface area contributed by atoms with Gasteiger partial charge in [0.1, 0.15) is 0 Å². The minimum atomic E-state index is -0.240. The smallest absolute Gasteiger partial charge is 0.225 e. The lowest BCUT2D eigenvalue weighted by molar-refractivity contribution is -0.210. The fourth-order valence-corrected chi connectivity index (χ4v) is 4.88. The summed E-state index contributed by atoms with van der Waals surface area (Å²) in [6, 6.07) is 0. The van der Waals surface area contributed by atoms with Crippen molar-refractivity contribution in [2.24, 2.45) is 17.3 Å². The number of aliphatic hydroxyl groups is 1. The highest BCUT2D eigenvalue weighted by Crippen LogP contribution is 2.51. The molecule has 1 N–H and O–H groups in total. The third-order valence-electron chi connectivity index (χ3n) is 6.40. The molecule has 4 heteroatoms. The van der Waals surface area contributed by atoms with Crippen LogP contribution in [-0.4, -0.2) is 47.8 Å². The van der Waals surface area contributed by atoms with E-state index >= 15 is 0 Å². The van der Waals surface area contributed by atoms with Crippen LogP contribution in [0.5, 0.6) is 0 Å². The zero-order valence-corrected chi connectivity index (χ0v) is 14.1. The zero-order chi connectivity index (χ0) is 15.7. The van der Waals surface area contributed by atoms with Crippen LogP contribution in [0.2, 0.25) is 0 Å². The van der Waals surface area contributed by atoms with E-state index in [1.165, 1.54) is 12.8 Å². The van der Waals surface area contributed by atoms with Gasteiger partial charge < -0.3 is 14.7 Å². The molecule has 0 bridgehead atoms. The maximum atomic E-state index is 12.7. The molecule has 3 rings (SSSR count). The van der Waals surface area contributed by atoms with Gasteiger partial charge in [-0.3, -0.25) is 4.79 Å². The van der Waals surface area contributed by atoms with Crippen LogP contribution in [0.4, 0.5) is 0 Å². The Bertz CT molecular complexity index is 401. The number of rotatable bonds is 3. The molecule has 1 spiro atoms. The second kappa shape index (κ2) is 6.48. The van der Waals surface area contributed by atoms with Gasteiger partial charge in [-0.05, 0) is 38.5 Å². The Morgan fingerprint density at radius 1 is 1.27 bits per heavy atom. The van der Waals surface area contributed by atoms with E-state index in [1.807, 2.05) is 6.92 Å². The van der Waals surface area contributed by atoms with Crippen LogP contribution in [0, 0.1) is 17.3 Å². The molecule has 4 nitrogen and oxygen atoms in total. The molecule has 1 aliphatic heterocycles. The van der Waals surface area contributed by atoms with Crippen LogP contribution >= 0.6 is 0 Å². The summed E-state index contributed by atoms with van der Waals surface area (Å²) in [5.41, 5.74) is -0.0767. The van der Waals surface area contributed by atoms with Crippen molar-refractivity contribution in [2.45, 2.75) is 71.0 Å². The fourth-order valence-electron chi connectivity index (χ4n) is 4.88. The Labute approximate surface area is 134 Å². The number of amides is 1. The Kier molecular flexibility index (Phi) is 4.79. The lowest BCUT2D eigenvalue weighted by Crippen LogP contribution is -2.63. The van der Waals surface area contributed by atoms with E-state index in [9.17, 15) is 9.90 Å². The highest BCUT2D eigenvalue weighted by Gasteiger charge is 2.56. The Morgan fingerprint density at radius 2 is 2.00 bits per heavy atom. The van der Waals surface area contributed by atoms with Crippen molar-refractivity contribution in [2.75, 3.05) is 19.7 Å². The number of nitrogens with zero attached hydrogens (tertiary/aromatic N) is 1. The average Bonchev–Trinajstić information content (AvgIpc) is 2.54. The van der Waals surface area contributed by atoms with Crippen molar-refractivity contribution in [1.29, 1.82) is 0 Å². The standard InChI is InChI=1S/C18H31NO3/c1-3-22-16-12-15(20)18(16)7-9-19(10-8-18)17(21)14-6-4-5-13(2)11-14/h13-16,20H,3-12H2,1-2H3.